The zero-order valence-corrected chi connectivity index (χ0v) is 11.9. The van der Waals surface area contributed by atoms with Gasteiger partial charge >= 0.3 is 5.97 Å². The number of hydrogen-bond acceptors (Lipinski definition) is 3. The molecule has 0 fully saturated rings. The van der Waals surface area contributed by atoms with E-state index >= 15 is 0 Å². The third-order valence-electron chi connectivity index (χ3n) is 2.23. The summed E-state index contributed by atoms with van der Waals surface area (Å²) in [6.45, 7) is 0. The van der Waals surface area contributed by atoms with Crippen molar-refractivity contribution < 1.29 is 14.7 Å². The number of rotatable bonds is 5. The number of benzene rings is 1. The summed E-state index contributed by atoms with van der Waals surface area (Å²) in [7, 11) is 1.46. The number of hydrogen-bond donors (Lipinski definition) is 3. The molecule has 18 heavy (non-hydrogen) atoms. The number of amides is 1. The number of carboxylic acid groups (broad SMARTS) is 1. The zero-order valence-electron chi connectivity index (χ0n) is 9.54. The van der Waals surface area contributed by atoms with E-state index in [1.165, 1.54) is 7.05 Å². The van der Waals surface area contributed by atoms with Crippen molar-refractivity contribution in [2.75, 3.05) is 12.4 Å². The molecule has 1 unspecified atom stereocenters. The van der Waals surface area contributed by atoms with Gasteiger partial charge in [0.1, 0.15) is 6.04 Å². The molecule has 3 N–H and O–H groups in total. The standard InChI is InChI=1S/C11H12BrClN2O3/c1-14-10(16)5-9(11(17)18)15-6-2-3-8(13)7(12)4-6/h2-4,9,15H,5H2,1H3,(H,14,16)(H,17,18). The first-order chi connectivity index (χ1) is 8.43. The average molecular weight is 336 g/mol. The van der Waals surface area contributed by atoms with Crippen LogP contribution in [0.4, 0.5) is 5.69 Å². The van der Waals surface area contributed by atoms with Crippen LogP contribution in [0.5, 0.6) is 0 Å². The van der Waals surface area contributed by atoms with Crippen LogP contribution >= 0.6 is 27.5 Å². The van der Waals surface area contributed by atoms with Crippen molar-refractivity contribution >= 4 is 45.1 Å². The van der Waals surface area contributed by atoms with Crippen LogP contribution in [0.3, 0.4) is 0 Å². The van der Waals surface area contributed by atoms with Gasteiger partial charge in [0.25, 0.3) is 0 Å². The highest BCUT2D eigenvalue weighted by Gasteiger charge is 2.20. The van der Waals surface area contributed by atoms with Gasteiger partial charge in [-0.3, -0.25) is 4.79 Å². The second-order valence-corrected chi connectivity index (χ2v) is 4.80. The maximum atomic E-state index is 11.2. The second-order valence-electron chi connectivity index (χ2n) is 3.54. The largest absolute Gasteiger partial charge is 0.480 e. The summed E-state index contributed by atoms with van der Waals surface area (Å²) in [4.78, 5) is 22.2. The van der Waals surface area contributed by atoms with Gasteiger partial charge in [0.15, 0.2) is 0 Å². The van der Waals surface area contributed by atoms with Crippen LogP contribution in [0.1, 0.15) is 6.42 Å². The molecule has 1 atom stereocenters. The van der Waals surface area contributed by atoms with E-state index in [4.69, 9.17) is 16.7 Å². The second kappa shape index (κ2) is 6.61. The molecule has 0 heterocycles. The molecule has 0 aliphatic heterocycles. The Labute approximate surface area is 118 Å². The van der Waals surface area contributed by atoms with Gasteiger partial charge in [0, 0.05) is 17.2 Å². The maximum Gasteiger partial charge on any atom is 0.326 e. The lowest BCUT2D eigenvalue weighted by atomic mass is 10.2. The summed E-state index contributed by atoms with van der Waals surface area (Å²) >= 11 is 9.07. The van der Waals surface area contributed by atoms with Gasteiger partial charge in [0.2, 0.25) is 5.91 Å². The van der Waals surface area contributed by atoms with Gasteiger partial charge in [-0.1, -0.05) is 11.6 Å². The van der Waals surface area contributed by atoms with Crippen LogP contribution in [-0.2, 0) is 9.59 Å². The predicted molar refractivity (Wildman–Crippen MR) is 72.9 cm³/mol. The molecule has 0 aliphatic rings. The fraction of sp³-hybridized carbons (Fsp3) is 0.273. The first kappa shape index (κ1) is 14.8. The molecule has 1 aromatic carbocycles. The number of carboxylic acids is 1. The molecule has 7 heteroatoms. The monoisotopic (exact) mass is 334 g/mol. The highest BCUT2D eigenvalue weighted by Crippen LogP contribution is 2.26. The molecule has 1 amide bonds. The molecule has 0 radical (unpaired) electrons. The normalized spacial score (nSPS) is 11.7. The molecule has 0 saturated heterocycles. The molecular formula is C11H12BrClN2O3. The highest BCUT2D eigenvalue weighted by molar-refractivity contribution is 9.10. The summed E-state index contributed by atoms with van der Waals surface area (Å²) in [6, 6.07) is 3.94. The van der Waals surface area contributed by atoms with Crippen LogP contribution in [0, 0.1) is 0 Å². The fourth-order valence-electron chi connectivity index (χ4n) is 1.27. The molecule has 5 nitrogen and oxygen atoms in total. The van der Waals surface area contributed by atoms with Crippen LogP contribution < -0.4 is 10.6 Å². The van der Waals surface area contributed by atoms with Gasteiger partial charge in [0.05, 0.1) is 11.4 Å². The van der Waals surface area contributed by atoms with Crippen LogP contribution in [0.25, 0.3) is 0 Å². The molecule has 0 bridgehead atoms. The maximum absolute atomic E-state index is 11.2. The Hall–Kier alpha value is -1.27. The SMILES string of the molecule is CNC(=O)CC(Nc1ccc(Cl)c(Br)c1)C(=O)O. The number of anilines is 1. The Morgan fingerprint density at radius 3 is 2.67 bits per heavy atom. The van der Waals surface area contributed by atoms with E-state index in [9.17, 15) is 9.59 Å². The minimum Gasteiger partial charge on any atom is -0.480 e. The Kier molecular flexibility index (Phi) is 5.43. The number of carbonyl (C=O) groups is 2. The lowest BCUT2D eigenvalue weighted by molar-refractivity contribution is -0.139. The molecule has 1 rings (SSSR count). The van der Waals surface area contributed by atoms with Crippen molar-refractivity contribution in [3.63, 3.8) is 0 Å². The zero-order chi connectivity index (χ0) is 13.7. The Morgan fingerprint density at radius 2 is 2.17 bits per heavy atom. The summed E-state index contributed by atoms with van der Waals surface area (Å²) in [5.74, 6) is -1.44. The Morgan fingerprint density at radius 1 is 1.50 bits per heavy atom. The average Bonchev–Trinajstić information content (AvgIpc) is 2.32. The van der Waals surface area contributed by atoms with Crippen LogP contribution in [0.2, 0.25) is 5.02 Å². The van der Waals surface area contributed by atoms with E-state index in [0.717, 1.165) is 0 Å². The summed E-state index contributed by atoms with van der Waals surface area (Å²) < 4.78 is 0.651. The van der Waals surface area contributed by atoms with Gasteiger partial charge in [-0.25, -0.2) is 4.79 Å². The van der Waals surface area contributed by atoms with Crippen molar-refractivity contribution in [3.8, 4) is 0 Å². The molecule has 0 saturated carbocycles. The van der Waals surface area contributed by atoms with E-state index in [2.05, 4.69) is 26.6 Å². The number of halogens is 2. The molecule has 0 spiro atoms. The summed E-state index contributed by atoms with van der Waals surface area (Å²) in [6.07, 6.45) is -0.147. The fourth-order valence-corrected chi connectivity index (χ4v) is 1.77. The van der Waals surface area contributed by atoms with Gasteiger partial charge in [-0.15, -0.1) is 0 Å². The summed E-state index contributed by atoms with van der Waals surface area (Å²) in [5.41, 5.74) is 0.572. The Balaban J connectivity index is 2.80. The van der Waals surface area contributed by atoms with E-state index in [0.29, 0.717) is 15.2 Å². The van der Waals surface area contributed by atoms with Gasteiger partial charge in [-0.2, -0.15) is 0 Å². The molecule has 98 valence electrons. The first-order valence-corrected chi connectivity index (χ1v) is 6.26. The van der Waals surface area contributed by atoms with Crippen LogP contribution in [-0.4, -0.2) is 30.1 Å². The first-order valence-electron chi connectivity index (χ1n) is 5.09. The van der Waals surface area contributed by atoms with E-state index in [1.54, 1.807) is 18.2 Å². The van der Waals surface area contributed by atoms with Gasteiger partial charge in [-0.05, 0) is 34.1 Å². The minimum absolute atomic E-state index is 0.147. The molecule has 0 aromatic heterocycles. The van der Waals surface area contributed by atoms with Crippen molar-refractivity contribution in [1.29, 1.82) is 0 Å². The molecule has 0 aliphatic carbocycles. The lowest BCUT2D eigenvalue weighted by Gasteiger charge is -2.15. The van der Waals surface area contributed by atoms with E-state index < -0.39 is 12.0 Å². The highest BCUT2D eigenvalue weighted by atomic mass is 79.9. The third kappa shape index (κ3) is 4.19. The van der Waals surface area contributed by atoms with Gasteiger partial charge < -0.3 is 15.7 Å². The van der Waals surface area contributed by atoms with Crippen molar-refractivity contribution in [1.82, 2.24) is 5.32 Å². The Bertz CT molecular complexity index is 468. The van der Waals surface area contributed by atoms with Crippen molar-refractivity contribution in [2.24, 2.45) is 0 Å². The minimum atomic E-state index is -1.09. The number of carbonyl (C=O) groups excluding carboxylic acids is 1. The molecular weight excluding hydrogens is 323 g/mol. The number of nitrogens with one attached hydrogen (secondary N) is 2. The summed E-state index contributed by atoms with van der Waals surface area (Å²) in [5, 5.41) is 14.7. The quantitative estimate of drug-likeness (QED) is 0.770. The number of aliphatic carboxylic acids is 1. The lowest BCUT2D eigenvalue weighted by Crippen LogP contribution is -2.35. The predicted octanol–water partition coefficient (Wildman–Crippen LogP) is 2.10. The van der Waals surface area contributed by atoms with E-state index in [-0.39, 0.29) is 12.3 Å². The van der Waals surface area contributed by atoms with E-state index in [1.807, 2.05) is 0 Å². The van der Waals surface area contributed by atoms with Crippen molar-refractivity contribution in [2.45, 2.75) is 12.5 Å². The third-order valence-corrected chi connectivity index (χ3v) is 3.44. The smallest absolute Gasteiger partial charge is 0.326 e. The topological polar surface area (TPSA) is 78.4 Å². The van der Waals surface area contributed by atoms with Crippen LogP contribution in [0.15, 0.2) is 22.7 Å². The van der Waals surface area contributed by atoms with Crippen molar-refractivity contribution in [3.05, 3.63) is 27.7 Å². The molecule has 1 aromatic rings.